The van der Waals surface area contributed by atoms with Gasteiger partial charge in [-0.3, -0.25) is 25.1 Å². The number of hydrazine groups is 1. The van der Waals surface area contributed by atoms with Gasteiger partial charge in [0.15, 0.2) is 0 Å². The lowest BCUT2D eigenvalue weighted by Crippen LogP contribution is -2.35. The van der Waals surface area contributed by atoms with Gasteiger partial charge in [-0.2, -0.15) is 0 Å². The molecule has 1 N–H and O–H groups in total. The third-order valence-electron chi connectivity index (χ3n) is 4.93. The van der Waals surface area contributed by atoms with E-state index in [4.69, 9.17) is 16.3 Å². The van der Waals surface area contributed by atoms with Gasteiger partial charge < -0.3 is 4.74 Å². The van der Waals surface area contributed by atoms with Crippen LogP contribution in [0, 0.1) is 17.0 Å². The molecule has 0 saturated carbocycles. The molecule has 0 bridgehead atoms. The molecule has 0 spiro atoms. The van der Waals surface area contributed by atoms with Gasteiger partial charge in [0, 0.05) is 6.07 Å². The van der Waals surface area contributed by atoms with Crippen LogP contribution in [0.25, 0.3) is 6.08 Å². The smallest absolute Gasteiger partial charge is 0.313 e. The second-order valence-corrected chi connectivity index (χ2v) is 7.77. The Labute approximate surface area is 194 Å². The van der Waals surface area contributed by atoms with Crippen LogP contribution in [0.5, 0.6) is 5.75 Å². The number of amides is 2. The van der Waals surface area contributed by atoms with Crippen molar-refractivity contribution in [1.29, 1.82) is 0 Å². The number of anilines is 1. The summed E-state index contributed by atoms with van der Waals surface area (Å²) in [5.74, 6) is -1.29. The molecule has 4 rings (SSSR count). The standard InChI is InChI=1S/C24H18ClN3O5/c1-15-6-5-7-16(10-15)14-33-22-20(25)12-17(13-21(22)28(31)32)11-19-23(29)26-27(24(19)30)18-8-3-2-4-9-18/h2-13H,14H2,1H3,(H,26,29). The average molecular weight is 464 g/mol. The number of ether oxygens (including phenoxy) is 1. The Hall–Kier alpha value is -4.17. The first-order valence-corrected chi connectivity index (χ1v) is 10.3. The van der Waals surface area contributed by atoms with E-state index in [-0.39, 0.29) is 34.2 Å². The molecular formula is C24H18ClN3O5. The van der Waals surface area contributed by atoms with Crippen molar-refractivity contribution in [2.45, 2.75) is 13.5 Å². The number of carbonyl (C=O) groups is 2. The number of carbonyl (C=O) groups excluding carboxylic acids is 2. The van der Waals surface area contributed by atoms with Crippen LogP contribution in [0.1, 0.15) is 16.7 Å². The monoisotopic (exact) mass is 463 g/mol. The maximum Gasteiger partial charge on any atom is 0.313 e. The Bertz CT molecular complexity index is 1290. The maximum atomic E-state index is 12.8. The summed E-state index contributed by atoms with van der Waals surface area (Å²) in [4.78, 5) is 36.2. The molecule has 1 heterocycles. The lowest BCUT2D eigenvalue weighted by atomic mass is 10.1. The number of nitro benzene ring substituents is 1. The molecular weight excluding hydrogens is 446 g/mol. The fourth-order valence-corrected chi connectivity index (χ4v) is 3.68. The molecule has 2 amide bonds. The number of nitrogens with zero attached hydrogens (tertiary/aromatic N) is 2. The van der Waals surface area contributed by atoms with E-state index >= 15 is 0 Å². The Morgan fingerprint density at radius 2 is 1.85 bits per heavy atom. The fraction of sp³-hybridized carbons (Fsp3) is 0.0833. The zero-order valence-electron chi connectivity index (χ0n) is 17.4. The van der Waals surface area contributed by atoms with E-state index in [0.29, 0.717) is 5.69 Å². The Morgan fingerprint density at radius 1 is 1.09 bits per heavy atom. The first-order chi connectivity index (χ1) is 15.8. The van der Waals surface area contributed by atoms with Gasteiger partial charge in [0.1, 0.15) is 12.2 Å². The van der Waals surface area contributed by atoms with Crippen molar-refractivity contribution in [3.05, 3.63) is 104 Å². The largest absolute Gasteiger partial charge is 0.481 e. The van der Waals surface area contributed by atoms with E-state index < -0.39 is 16.7 Å². The highest BCUT2D eigenvalue weighted by Crippen LogP contribution is 2.37. The molecule has 8 nitrogen and oxygen atoms in total. The van der Waals surface area contributed by atoms with Crippen molar-refractivity contribution in [3.63, 3.8) is 0 Å². The second kappa shape index (κ2) is 9.13. The number of nitrogens with one attached hydrogen (secondary N) is 1. The van der Waals surface area contributed by atoms with Gasteiger partial charge >= 0.3 is 5.69 Å². The molecule has 3 aromatic carbocycles. The molecule has 1 aliphatic rings. The number of aryl methyl sites for hydroxylation is 1. The number of nitro groups is 1. The molecule has 33 heavy (non-hydrogen) atoms. The minimum absolute atomic E-state index is 0.00512. The van der Waals surface area contributed by atoms with Crippen LogP contribution in [0.2, 0.25) is 5.02 Å². The Kier molecular flexibility index (Phi) is 6.10. The fourth-order valence-electron chi connectivity index (χ4n) is 3.40. The minimum Gasteiger partial charge on any atom is -0.481 e. The van der Waals surface area contributed by atoms with E-state index in [1.165, 1.54) is 18.2 Å². The molecule has 0 aliphatic carbocycles. The van der Waals surface area contributed by atoms with Crippen LogP contribution in [0.3, 0.4) is 0 Å². The number of rotatable bonds is 6. The zero-order chi connectivity index (χ0) is 23.5. The number of benzene rings is 3. The number of hydrogen-bond donors (Lipinski definition) is 1. The van der Waals surface area contributed by atoms with E-state index in [9.17, 15) is 19.7 Å². The van der Waals surface area contributed by atoms with Crippen LogP contribution in [0.4, 0.5) is 11.4 Å². The first-order valence-electron chi connectivity index (χ1n) is 9.92. The quantitative estimate of drug-likeness (QED) is 0.249. The molecule has 0 aromatic heterocycles. The normalized spacial score (nSPS) is 14.5. The van der Waals surface area contributed by atoms with Crippen molar-refractivity contribution in [3.8, 4) is 5.75 Å². The van der Waals surface area contributed by atoms with Gasteiger partial charge in [-0.15, -0.1) is 0 Å². The summed E-state index contributed by atoms with van der Waals surface area (Å²) in [6, 6.07) is 18.8. The van der Waals surface area contributed by atoms with Gasteiger partial charge in [-0.25, -0.2) is 5.01 Å². The van der Waals surface area contributed by atoms with E-state index in [1.807, 2.05) is 31.2 Å². The SMILES string of the molecule is Cc1cccc(COc2c(Cl)cc(C=C3C(=O)NN(c4ccccc4)C3=O)cc2[N+](=O)[O-])c1. The van der Waals surface area contributed by atoms with Crippen molar-refractivity contribution in [2.75, 3.05) is 5.01 Å². The van der Waals surface area contributed by atoms with E-state index in [0.717, 1.165) is 16.1 Å². The first kappa shape index (κ1) is 22.0. The molecule has 166 valence electrons. The molecule has 1 fully saturated rings. The third kappa shape index (κ3) is 4.70. The minimum atomic E-state index is -0.623. The van der Waals surface area contributed by atoms with Gasteiger partial charge in [0.25, 0.3) is 11.8 Å². The van der Waals surface area contributed by atoms with Crippen LogP contribution < -0.4 is 15.2 Å². The summed E-state index contributed by atoms with van der Waals surface area (Å²) in [5, 5.41) is 12.8. The van der Waals surface area contributed by atoms with Gasteiger partial charge in [-0.05, 0) is 42.3 Å². The summed E-state index contributed by atoms with van der Waals surface area (Å²) in [6.07, 6.45) is 1.27. The molecule has 9 heteroatoms. The predicted octanol–water partition coefficient (Wildman–Crippen LogP) is 4.60. The molecule has 0 unspecified atom stereocenters. The molecule has 1 aliphatic heterocycles. The summed E-state index contributed by atoms with van der Waals surface area (Å²) < 4.78 is 5.66. The highest BCUT2D eigenvalue weighted by molar-refractivity contribution is 6.33. The van der Waals surface area contributed by atoms with Gasteiger partial charge in [0.05, 0.1) is 15.6 Å². The van der Waals surface area contributed by atoms with Crippen LogP contribution >= 0.6 is 11.6 Å². The van der Waals surface area contributed by atoms with Crippen molar-refractivity contribution >= 4 is 40.9 Å². The van der Waals surface area contributed by atoms with E-state index in [1.54, 1.807) is 30.3 Å². The summed E-state index contributed by atoms with van der Waals surface area (Å²) in [7, 11) is 0. The van der Waals surface area contributed by atoms with Crippen molar-refractivity contribution in [2.24, 2.45) is 0 Å². The topological polar surface area (TPSA) is 102 Å². The Morgan fingerprint density at radius 3 is 2.55 bits per heavy atom. The average Bonchev–Trinajstić information content (AvgIpc) is 3.07. The lowest BCUT2D eigenvalue weighted by Gasteiger charge is -2.13. The summed E-state index contributed by atoms with van der Waals surface area (Å²) in [6.45, 7) is 2.02. The Balaban J connectivity index is 1.63. The van der Waals surface area contributed by atoms with Crippen LogP contribution in [0.15, 0.2) is 72.3 Å². The van der Waals surface area contributed by atoms with Crippen LogP contribution in [-0.2, 0) is 16.2 Å². The summed E-state index contributed by atoms with van der Waals surface area (Å²) in [5.41, 5.74) is 4.52. The molecule has 3 aromatic rings. The maximum absolute atomic E-state index is 12.8. The van der Waals surface area contributed by atoms with E-state index in [2.05, 4.69) is 5.43 Å². The molecule has 0 radical (unpaired) electrons. The number of halogens is 1. The third-order valence-corrected chi connectivity index (χ3v) is 5.21. The second-order valence-electron chi connectivity index (χ2n) is 7.36. The van der Waals surface area contributed by atoms with Crippen molar-refractivity contribution in [1.82, 2.24) is 5.43 Å². The molecule has 0 atom stereocenters. The predicted molar refractivity (Wildman–Crippen MR) is 124 cm³/mol. The van der Waals surface area contributed by atoms with Crippen LogP contribution in [-0.4, -0.2) is 16.7 Å². The van der Waals surface area contributed by atoms with Crippen molar-refractivity contribution < 1.29 is 19.2 Å². The highest BCUT2D eigenvalue weighted by Gasteiger charge is 2.34. The van der Waals surface area contributed by atoms with Gasteiger partial charge in [-0.1, -0.05) is 59.6 Å². The zero-order valence-corrected chi connectivity index (χ0v) is 18.2. The molecule has 1 saturated heterocycles. The number of hydrogen-bond acceptors (Lipinski definition) is 5. The van der Waals surface area contributed by atoms with Gasteiger partial charge in [0.2, 0.25) is 5.75 Å². The highest BCUT2D eigenvalue weighted by atomic mass is 35.5. The number of para-hydroxylation sites is 1. The summed E-state index contributed by atoms with van der Waals surface area (Å²) >= 11 is 6.30. The lowest BCUT2D eigenvalue weighted by molar-refractivity contribution is -0.385.